The van der Waals surface area contributed by atoms with Gasteiger partial charge in [-0.25, -0.2) is 0 Å². The maximum absolute atomic E-state index is 12.2. The molecule has 1 aromatic carbocycles. The molecule has 130 valence electrons. The van der Waals surface area contributed by atoms with E-state index < -0.39 is 0 Å². The number of amides is 1. The second-order valence-electron chi connectivity index (χ2n) is 6.62. The Morgan fingerprint density at radius 2 is 2.17 bits per heavy atom. The second kappa shape index (κ2) is 8.31. The number of benzene rings is 1. The van der Waals surface area contributed by atoms with Crippen LogP contribution in [0.3, 0.4) is 0 Å². The molecule has 0 saturated carbocycles. The molecule has 2 aliphatic heterocycles. The van der Waals surface area contributed by atoms with E-state index in [4.69, 9.17) is 4.74 Å². The van der Waals surface area contributed by atoms with E-state index in [0.29, 0.717) is 24.9 Å². The first-order valence-electron chi connectivity index (χ1n) is 8.81. The average Bonchev–Trinajstić information content (AvgIpc) is 2.63. The number of piperidine rings is 1. The van der Waals surface area contributed by atoms with Crippen molar-refractivity contribution in [3.8, 4) is 0 Å². The van der Waals surface area contributed by atoms with E-state index in [9.17, 15) is 9.90 Å². The maximum atomic E-state index is 12.2. The molecule has 5 nitrogen and oxygen atoms in total. The molecule has 3 rings (SSSR count). The van der Waals surface area contributed by atoms with Crippen LogP contribution >= 0.6 is 0 Å². The number of nitrogens with one attached hydrogen (secondary N) is 1. The van der Waals surface area contributed by atoms with Gasteiger partial charge in [0.1, 0.15) is 0 Å². The van der Waals surface area contributed by atoms with Crippen LogP contribution < -0.4 is 5.32 Å². The fourth-order valence-electron chi connectivity index (χ4n) is 3.24. The topological polar surface area (TPSA) is 61.8 Å². The van der Waals surface area contributed by atoms with Gasteiger partial charge in [0.2, 0.25) is 0 Å². The van der Waals surface area contributed by atoms with Gasteiger partial charge in [-0.3, -0.25) is 9.69 Å². The van der Waals surface area contributed by atoms with Gasteiger partial charge in [0, 0.05) is 18.8 Å². The molecule has 1 saturated heterocycles. The van der Waals surface area contributed by atoms with Crippen LogP contribution in [0.4, 0.5) is 5.69 Å². The Labute approximate surface area is 143 Å². The number of carbonyl (C=O) groups is 1. The molecule has 0 bridgehead atoms. The Hall–Kier alpha value is -1.85. The number of anilines is 1. The highest BCUT2D eigenvalue weighted by molar-refractivity contribution is 6.02. The lowest BCUT2D eigenvalue weighted by Gasteiger charge is -2.31. The number of hydrogen-bond acceptors (Lipinski definition) is 4. The van der Waals surface area contributed by atoms with Crippen molar-refractivity contribution in [1.82, 2.24) is 4.90 Å². The summed E-state index contributed by atoms with van der Waals surface area (Å²) in [5, 5.41) is 12.1. The van der Waals surface area contributed by atoms with E-state index in [0.717, 1.165) is 51.0 Å². The minimum atomic E-state index is -0.171. The summed E-state index contributed by atoms with van der Waals surface area (Å²) in [6, 6.07) is 7.99. The Morgan fingerprint density at radius 3 is 2.88 bits per heavy atom. The van der Waals surface area contributed by atoms with E-state index >= 15 is 0 Å². The van der Waals surface area contributed by atoms with Gasteiger partial charge in [0.05, 0.1) is 6.61 Å². The van der Waals surface area contributed by atoms with Crippen LogP contribution in [0, 0.1) is 5.92 Å². The Bertz CT molecular complexity index is 592. The fraction of sp³-hybridized carbons (Fsp3) is 0.526. The molecule has 24 heavy (non-hydrogen) atoms. The second-order valence-corrected chi connectivity index (χ2v) is 6.62. The molecule has 0 aromatic heterocycles. The summed E-state index contributed by atoms with van der Waals surface area (Å²) < 4.78 is 5.40. The van der Waals surface area contributed by atoms with Crippen LogP contribution in [0.1, 0.15) is 31.2 Å². The molecule has 2 N–H and O–H groups in total. The molecule has 5 heteroatoms. The van der Waals surface area contributed by atoms with Crippen LogP contribution in [0.5, 0.6) is 0 Å². The van der Waals surface area contributed by atoms with Crippen molar-refractivity contribution in [3.63, 3.8) is 0 Å². The molecule has 0 atom stereocenters. The number of allylic oxidation sites excluding steroid dienone is 1. The van der Waals surface area contributed by atoms with Gasteiger partial charge in [0.25, 0.3) is 5.91 Å². The zero-order valence-corrected chi connectivity index (χ0v) is 14.0. The normalized spacial score (nSPS) is 19.5. The maximum Gasteiger partial charge on any atom is 0.290 e. The van der Waals surface area contributed by atoms with E-state index in [1.165, 1.54) is 5.56 Å². The highest BCUT2D eigenvalue weighted by Gasteiger charge is 2.19. The summed E-state index contributed by atoms with van der Waals surface area (Å²) >= 11 is 0. The zero-order valence-electron chi connectivity index (χ0n) is 14.0. The lowest BCUT2D eigenvalue weighted by atomic mass is 9.97. The highest BCUT2D eigenvalue weighted by atomic mass is 16.5. The molecule has 2 aliphatic rings. The van der Waals surface area contributed by atoms with Gasteiger partial charge in [-0.2, -0.15) is 0 Å². The first-order chi connectivity index (χ1) is 11.7. The number of aliphatic hydroxyl groups excluding tert-OH is 1. The number of hydrogen-bond donors (Lipinski definition) is 2. The number of ether oxygens (including phenoxy) is 1. The van der Waals surface area contributed by atoms with E-state index in [2.05, 4.69) is 16.3 Å². The number of rotatable bonds is 5. The first-order valence-corrected chi connectivity index (χ1v) is 8.81. The Morgan fingerprint density at radius 1 is 1.33 bits per heavy atom. The van der Waals surface area contributed by atoms with Gasteiger partial charge >= 0.3 is 0 Å². The van der Waals surface area contributed by atoms with Crippen LogP contribution in [-0.4, -0.2) is 42.2 Å². The smallest absolute Gasteiger partial charge is 0.290 e. The van der Waals surface area contributed by atoms with Crippen molar-refractivity contribution in [2.45, 2.75) is 32.2 Å². The number of carbonyl (C=O) groups excluding carboxylic acids is 1. The minimum absolute atomic E-state index is 0.171. The van der Waals surface area contributed by atoms with Crippen molar-refractivity contribution in [3.05, 3.63) is 41.7 Å². The monoisotopic (exact) mass is 330 g/mol. The van der Waals surface area contributed by atoms with Crippen LogP contribution in [0.15, 0.2) is 36.1 Å². The van der Waals surface area contributed by atoms with Crippen molar-refractivity contribution in [1.29, 1.82) is 0 Å². The molecular weight excluding hydrogens is 304 g/mol. The van der Waals surface area contributed by atoms with Crippen LogP contribution in [-0.2, 0) is 16.1 Å². The summed E-state index contributed by atoms with van der Waals surface area (Å²) in [5.41, 5.74) is 1.99. The molecule has 0 radical (unpaired) electrons. The average molecular weight is 330 g/mol. The molecule has 1 aromatic rings. The third-order valence-electron chi connectivity index (χ3n) is 4.72. The molecule has 0 aliphatic carbocycles. The summed E-state index contributed by atoms with van der Waals surface area (Å²) in [4.78, 5) is 14.6. The lowest BCUT2D eigenvalue weighted by molar-refractivity contribution is -0.116. The summed E-state index contributed by atoms with van der Waals surface area (Å²) in [7, 11) is 0. The molecule has 2 heterocycles. The van der Waals surface area contributed by atoms with Crippen molar-refractivity contribution >= 4 is 11.6 Å². The van der Waals surface area contributed by atoms with E-state index in [1.54, 1.807) is 0 Å². The van der Waals surface area contributed by atoms with Crippen molar-refractivity contribution in [2.75, 3.05) is 31.6 Å². The largest absolute Gasteiger partial charge is 0.488 e. The van der Waals surface area contributed by atoms with Gasteiger partial charge in [0.15, 0.2) is 5.76 Å². The predicted octanol–water partition coefficient (Wildman–Crippen LogP) is 2.52. The van der Waals surface area contributed by atoms with Gasteiger partial charge < -0.3 is 15.2 Å². The van der Waals surface area contributed by atoms with Gasteiger partial charge in [-0.1, -0.05) is 12.1 Å². The quantitative estimate of drug-likeness (QED) is 0.871. The SMILES string of the molecule is O=C(Nc1cccc(CN2CCC(CO)CC2)c1)C1=CCCCO1. The highest BCUT2D eigenvalue weighted by Crippen LogP contribution is 2.20. The minimum Gasteiger partial charge on any atom is -0.488 e. The third-order valence-corrected chi connectivity index (χ3v) is 4.72. The molecule has 1 amide bonds. The fourth-order valence-corrected chi connectivity index (χ4v) is 3.24. The standard InChI is InChI=1S/C19H26N2O3/c22-14-15-7-9-21(10-8-15)13-16-4-3-5-17(12-16)20-19(23)18-6-1-2-11-24-18/h3-6,12,15,22H,1-2,7-11,13-14H2,(H,20,23). The molecular formula is C19H26N2O3. The summed E-state index contributed by atoms with van der Waals surface area (Å²) in [6.07, 6.45) is 5.83. The Kier molecular flexibility index (Phi) is 5.88. The van der Waals surface area contributed by atoms with Crippen molar-refractivity contribution < 1.29 is 14.6 Å². The van der Waals surface area contributed by atoms with Crippen LogP contribution in [0.25, 0.3) is 0 Å². The van der Waals surface area contributed by atoms with E-state index in [1.807, 2.05) is 24.3 Å². The Balaban J connectivity index is 1.56. The summed E-state index contributed by atoms with van der Waals surface area (Å²) in [6.45, 7) is 3.82. The zero-order chi connectivity index (χ0) is 16.8. The number of likely N-dealkylation sites (tertiary alicyclic amines) is 1. The molecule has 0 unspecified atom stereocenters. The number of nitrogens with zero attached hydrogens (tertiary/aromatic N) is 1. The van der Waals surface area contributed by atoms with Gasteiger partial charge in [-0.15, -0.1) is 0 Å². The summed E-state index contributed by atoms with van der Waals surface area (Å²) in [5.74, 6) is 0.712. The molecule has 1 fully saturated rings. The van der Waals surface area contributed by atoms with Crippen molar-refractivity contribution in [2.24, 2.45) is 5.92 Å². The first kappa shape index (κ1) is 17.0. The van der Waals surface area contributed by atoms with Crippen LogP contribution in [0.2, 0.25) is 0 Å². The lowest BCUT2D eigenvalue weighted by Crippen LogP contribution is -2.34. The van der Waals surface area contributed by atoms with Gasteiger partial charge in [-0.05, 0) is 68.5 Å². The predicted molar refractivity (Wildman–Crippen MR) is 93.4 cm³/mol. The molecule has 0 spiro atoms. The number of aliphatic hydroxyl groups is 1. The third kappa shape index (κ3) is 4.58. The van der Waals surface area contributed by atoms with E-state index in [-0.39, 0.29) is 5.91 Å².